The number of thioether (sulfide) groups is 1. The Hall–Kier alpha value is -1.24. The third-order valence-corrected chi connectivity index (χ3v) is 5.53. The fourth-order valence-corrected chi connectivity index (χ4v) is 3.85. The van der Waals surface area contributed by atoms with E-state index in [1.807, 2.05) is 0 Å². The molecule has 1 aromatic carbocycles. The predicted molar refractivity (Wildman–Crippen MR) is 102 cm³/mol. The Morgan fingerprint density at radius 3 is 2.75 bits per heavy atom. The van der Waals surface area contributed by atoms with E-state index < -0.39 is 0 Å². The molecule has 2 fully saturated rings. The first kappa shape index (κ1) is 17.6. The van der Waals surface area contributed by atoms with E-state index in [9.17, 15) is 0 Å². The van der Waals surface area contributed by atoms with Crippen molar-refractivity contribution in [2.45, 2.75) is 42.7 Å². The number of anilines is 1. The molecule has 132 valence electrons. The van der Waals surface area contributed by atoms with Crippen LogP contribution in [-0.2, 0) is 4.74 Å². The van der Waals surface area contributed by atoms with Crippen molar-refractivity contribution in [3.63, 3.8) is 0 Å². The van der Waals surface area contributed by atoms with Gasteiger partial charge in [-0.2, -0.15) is 0 Å². The average Bonchev–Trinajstić information content (AvgIpc) is 2.64. The molecule has 0 spiro atoms. The molecule has 1 saturated heterocycles. The van der Waals surface area contributed by atoms with E-state index in [-0.39, 0.29) is 12.1 Å². The minimum absolute atomic E-state index is 0.174. The van der Waals surface area contributed by atoms with E-state index in [0.717, 1.165) is 50.8 Å². The fraction of sp³-hybridized carbons (Fsp3) is 0.611. The van der Waals surface area contributed by atoms with Crippen molar-refractivity contribution in [2.24, 2.45) is 10.7 Å². The lowest BCUT2D eigenvalue weighted by atomic mass is 9.91. The maximum absolute atomic E-state index is 6.32. The molecule has 0 amide bonds. The molecule has 5 nitrogen and oxygen atoms in total. The van der Waals surface area contributed by atoms with Crippen LogP contribution in [0.4, 0.5) is 5.69 Å². The molecule has 2 aliphatic rings. The van der Waals surface area contributed by atoms with Crippen LogP contribution in [0.15, 0.2) is 34.2 Å². The number of nitrogens with two attached hydrogens (primary N) is 1. The van der Waals surface area contributed by atoms with Crippen LogP contribution in [0.2, 0.25) is 0 Å². The van der Waals surface area contributed by atoms with Crippen LogP contribution in [-0.4, -0.2) is 55.5 Å². The third kappa shape index (κ3) is 4.43. The topological polar surface area (TPSA) is 62.9 Å². The molecule has 0 radical (unpaired) electrons. The highest BCUT2D eigenvalue weighted by Gasteiger charge is 2.24. The molecule has 3 rings (SSSR count). The Balaban J connectivity index is 1.83. The zero-order chi connectivity index (χ0) is 16.8. The van der Waals surface area contributed by atoms with Gasteiger partial charge >= 0.3 is 0 Å². The maximum Gasteiger partial charge on any atom is 0.198 e. The first-order valence-electron chi connectivity index (χ1n) is 8.84. The van der Waals surface area contributed by atoms with E-state index in [0.29, 0.717) is 0 Å². The lowest BCUT2D eigenvalue weighted by Crippen LogP contribution is -2.46. The number of rotatable bonds is 3. The van der Waals surface area contributed by atoms with Crippen molar-refractivity contribution >= 4 is 23.4 Å². The number of morpholine rings is 1. The van der Waals surface area contributed by atoms with Crippen LogP contribution in [0.1, 0.15) is 25.7 Å². The highest BCUT2D eigenvalue weighted by Crippen LogP contribution is 2.26. The summed E-state index contributed by atoms with van der Waals surface area (Å²) in [6, 6.07) is 8.77. The zero-order valence-electron chi connectivity index (χ0n) is 14.4. The normalized spacial score (nSPS) is 25.6. The van der Waals surface area contributed by atoms with Crippen molar-refractivity contribution < 1.29 is 4.74 Å². The summed E-state index contributed by atoms with van der Waals surface area (Å²) in [6.45, 7) is 3.24. The van der Waals surface area contributed by atoms with E-state index in [2.05, 4.69) is 40.7 Å². The molecule has 0 bridgehead atoms. The average molecular weight is 349 g/mol. The molecule has 1 aromatic rings. The fourth-order valence-electron chi connectivity index (χ4n) is 3.29. The monoisotopic (exact) mass is 348 g/mol. The first-order valence-corrected chi connectivity index (χ1v) is 10.1. The van der Waals surface area contributed by atoms with Crippen LogP contribution < -0.4 is 11.1 Å². The van der Waals surface area contributed by atoms with Gasteiger partial charge in [-0.25, -0.2) is 4.99 Å². The minimum Gasteiger partial charge on any atom is -0.378 e. The van der Waals surface area contributed by atoms with Gasteiger partial charge < -0.3 is 20.7 Å². The maximum atomic E-state index is 6.32. The number of hydrogen-bond acceptors (Lipinski definition) is 4. The van der Waals surface area contributed by atoms with Gasteiger partial charge in [-0.15, -0.1) is 11.8 Å². The van der Waals surface area contributed by atoms with Gasteiger partial charge in [0.2, 0.25) is 0 Å². The largest absolute Gasteiger partial charge is 0.378 e. The van der Waals surface area contributed by atoms with Crippen molar-refractivity contribution in [2.75, 3.05) is 37.9 Å². The van der Waals surface area contributed by atoms with E-state index in [4.69, 9.17) is 15.5 Å². The van der Waals surface area contributed by atoms with Crippen molar-refractivity contribution in [3.05, 3.63) is 24.3 Å². The second kappa shape index (κ2) is 8.74. The van der Waals surface area contributed by atoms with E-state index in [1.54, 1.807) is 11.8 Å². The highest BCUT2D eigenvalue weighted by molar-refractivity contribution is 7.98. The second-order valence-electron chi connectivity index (χ2n) is 6.39. The van der Waals surface area contributed by atoms with Crippen LogP contribution >= 0.6 is 11.8 Å². The molecular weight excluding hydrogens is 320 g/mol. The number of benzene rings is 1. The molecule has 1 heterocycles. The van der Waals surface area contributed by atoms with Crippen LogP contribution in [0, 0.1) is 0 Å². The minimum atomic E-state index is 0.174. The quantitative estimate of drug-likeness (QED) is 0.500. The van der Waals surface area contributed by atoms with Gasteiger partial charge in [0.05, 0.1) is 24.9 Å². The molecule has 3 N–H and O–H groups in total. The highest BCUT2D eigenvalue weighted by atomic mass is 32.2. The Bertz CT molecular complexity index is 560. The summed E-state index contributed by atoms with van der Waals surface area (Å²) >= 11 is 1.75. The predicted octanol–water partition coefficient (Wildman–Crippen LogP) is 2.78. The smallest absolute Gasteiger partial charge is 0.198 e. The molecular formula is C18H28N4OS. The number of ether oxygens (including phenoxy) is 1. The zero-order valence-corrected chi connectivity index (χ0v) is 15.2. The van der Waals surface area contributed by atoms with Crippen molar-refractivity contribution in [1.29, 1.82) is 0 Å². The number of hydrogen-bond donors (Lipinski definition) is 2. The van der Waals surface area contributed by atoms with E-state index in [1.165, 1.54) is 17.7 Å². The standard InChI is InChI=1S/C18H28N4OS/c1-24-17-9-5-4-8-16(17)21-18(22-10-12-23-13-11-22)20-15-7-3-2-6-14(15)19/h4-5,8-9,14-15H,2-3,6-7,10-13,19H2,1H3,(H,20,21)/t14-,15-/m0/s1. The lowest BCUT2D eigenvalue weighted by Gasteiger charge is -2.33. The van der Waals surface area contributed by atoms with Gasteiger partial charge in [0.1, 0.15) is 0 Å². The van der Waals surface area contributed by atoms with Gasteiger partial charge in [-0.3, -0.25) is 0 Å². The Morgan fingerprint density at radius 1 is 1.25 bits per heavy atom. The van der Waals surface area contributed by atoms with Gasteiger partial charge in [0, 0.05) is 24.0 Å². The van der Waals surface area contributed by atoms with Gasteiger partial charge in [0.15, 0.2) is 5.96 Å². The van der Waals surface area contributed by atoms with Gasteiger partial charge in [-0.1, -0.05) is 25.0 Å². The summed E-state index contributed by atoms with van der Waals surface area (Å²) < 4.78 is 5.50. The summed E-state index contributed by atoms with van der Waals surface area (Å²) in [5.74, 6) is 0.946. The second-order valence-corrected chi connectivity index (χ2v) is 7.24. The molecule has 24 heavy (non-hydrogen) atoms. The van der Waals surface area contributed by atoms with E-state index >= 15 is 0 Å². The molecule has 0 unspecified atom stereocenters. The molecule has 1 aliphatic heterocycles. The number of para-hydroxylation sites is 1. The lowest BCUT2D eigenvalue weighted by molar-refractivity contribution is 0.0677. The Morgan fingerprint density at radius 2 is 2.00 bits per heavy atom. The summed E-state index contributed by atoms with van der Waals surface area (Å²) in [5.41, 5.74) is 7.43. The summed E-state index contributed by atoms with van der Waals surface area (Å²) in [5, 5.41) is 3.58. The van der Waals surface area contributed by atoms with Gasteiger partial charge in [-0.05, 0) is 31.2 Å². The Labute approximate surface area is 149 Å². The summed E-state index contributed by atoms with van der Waals surface area (Å²) in [4.78, 5) is 8.57. The third-order valence-electron chi connectivity index (χ3n) is 4.73. The number of guanidine groups is 1. The SMILES string of the molecule is CSc1ccccc1NC(=N[C@H]1CCCC[C@@H]1N)N1CCOCC1. The van der Waals surface area contributed by atoms with Crippen molar-refractivity contribution in [3.8, 4) is 0 Å². The van der Waals surface area contributed by atoms with Crippen LogP contribution in [0.3, 0.4) is 0 Å². The van der Waals surface area contributed by atoms with Crippen LogP contribution in [0.25, 0.3) is 0 Å². The molecule has 0 aromatic heterocycles. The molecule has 1 saturated carbocycles. The first-order chi connectivity index (χ1) is 11.8. The van der Waals surface area contributed by atoms with Gasteiger partial charge in [0.25, 0.3) is 0 Å². The number of nitrogens with one attached hydrogen (secondary N) is 1. The Kier molecular flexibility index (Phi) is 6.40. The van der Waals surface area contributed by atoms with Crippen molar-refractivity contribution in [1.82, 2.24) is 4.90 Å². The van der Waals surface area contributed by atoms with Crippen LogP contribution in [0.5, 0.6) is 0 Å². The molecule has 1 aliphatic carbocycles. The molecule has 2 atom stereocenters. The number of nitrogens with zero attached hydrogens (tertiary/aromatic N) is 2. The molecule has 6 heteroatoms. The summed E-state index contributed by atoms with van der Waals surface area (Å²) in [7, 11) is 0. The number of aliphatic imine (C=N–C) groups is 1. The summed E-state index contributed by atoms with van der Waals surface area (Å²) in [6.07, 6.45) is 6.71.